The Morgan fingerprint density at radius 3 is 2.06 bits per heavy atom. The molecule has 0 aliphatic carbocycles. The van der Waals surface area contributed by atoms with E-state index in [1.807, 2.05) is 25.1 Å². The summed E-state index contributed by atoms with van der Waals surface area (Å²) in [6.45, 7) is 1.97. The van der Waals surface area contributed by atoms with Gasteiger partial charge in [-0.1, -0.05) is 0 Å². The van der Waals surface area contributed by atoms with Gasteiger partial charge < -0.3 is 0 Å². The second kappa shape index (κ2) is 6.06. The first-order valence-corrected chi connectivity index (χ1v) is 16.4. The number of hydrogen-bond acceptors (Lipinski definition) is 2. The molecule has 0 fully saturated rings. The predicted octanol–water partition coefficient (Wildman–Crippen LogP) is 3.15. The second-order valence-corrected chi connectivity index (χ2v) is 22.0. The van der Waals surface area contributed by atoms with Gasteiger partial charge in [0.25, 0.3) is 0 Å². The summed E-state index contributed by atoms with van der Waals surface area (Å²) in [7, 11) is 0. The minimum atomic E-state index is -2.37. The molecule has 4 heteroatoms. The number of carboxylic acids is 1. The van der Waals surface area contributed by atoms with E-state index in [0.29, 0.717) is 5.56 Å². The Bertz CT molecular complexity index is 397. The number of aliphatic hydroxyl groups is 1. The summed E-state index contributed by atoms with van der Waals surface area (Å²) < 4.78 is 0.0759. The van der Waals surface area contributed by atoms with Crippen LogP contribution in [0.25, 0.3) is 0 Å². The van der Waals surface area contributed by atoms with Gasteiger partial charge in [-0.2, -0.15) is 0 Å². The molecule has 0 radical (unpaired) electrons. The van der Waals surface area contributed by atoms with Crippen LogP contribution in [0.2, 0.25) is 18.8 Å². The molecule has 0 aliphatic rings. The Labute approximate surface area is 113 Å². The van der Waals surface area contributed by atoms with Gasteiger partial charge in [0, 0.05) is 0 Å². The number of rotatable bonds is 5. The molecule has 3 atom stereocenters. The number of carbonyl (C=O) groups is 1. The fourth-order valence-electron chi connectivity index (χ4n) is 2.02. The molecule has 0 spiro atoms. The number of aliphatic hydroxyl groups excluding tert-OH is 1. The molecule has 0 amide bonds. The third-order valence-corrected chi connectivity index (χ3v) is 12.5. The summed E-state index contributed by atoms with van der Waals surface area (Å²) in [5.74, 6) is -1.60. The van der Waals surface area contributed by atoms with Crippen LogP contribution in [-0.4, -0.2) is 34.6 Å². The van der Waals surface area contributed by atoms with Crippen LogP contribution in [0.4, 0.5) is 0 Å². The number of hydrogen-bond donors (Lipinski definition) is 2. The number of benzene rings is 1. The molecule has 0 bridgehead atoms. The monoisotopic (exact) mass is 358 g/mol. The maximum atomic E-state index is 11.5. The van der Waals surface area contributed by atoms with E-state index in [-0.39, 0.29) is 3.93 Å². The first-order valence-electron chi connectivity index (χ1n) is 6.21. The van der Waals surface area contributed by atoms with Crippen LogP contribution in [0.1, 0.15) is 18.6 Å². The molecule has 1 rings (SSSR count). The van der Waals surface area contributed by atoms with Gasteiger partial charge >= 0.3 is 113 Å². The van der Waals surface area contributed by atoms with Crippen LogP contribution in [-0.2, 0) is 4.79 Å². The fourth-order valence-corrected chi connectivity index (χ4v) is 6.02. The van der Waals surface area contributed by atoms with Gasteiger partial charge in [-0.25, -0.2) is 0 Å². The van der Waals surface area contributed by atoms with Gasteiger partial charge in [-0.15, -0.1) is 0 Å². The molecule has 3 nitrogen and oxygen atoms in total. The van der Waals surface area contributed by atoms with E-state index in [9.17, 15) is 15.0 Å². The molecular formula is C14H22O3Sn. The van der Waals surface area contributed by atoms with E-state index >= 15 is 0 Å². The molecule has 18 heavy (non-hydrogen) atoms. The van der Waals surface area contributed by atoms with E-state index in [4.69, 9.17) is 0 Å². The van der Waals surface area contributed by atoms with Gasteiger partial charge in [-0.05, 0) is 0 Å². The van der Waals surface area contributed by atoms with Crippen molar-refractivity contribution >= 4 is 24.3 Å². The van der Waals surface area contributed by atoms with Crippen molar-refractivity contribution in [2.45, 2.75) is 31.8 Å². The topological polar surface area (TPSA) is 57.5 Å². The molecular weight excluding hydrogens is 335 g/mol. The molecule has 0 heterocycles. The van der Waals surface area contributed by atoms with Gasteiger partial charge in [0.15, 0.2) is 0 Å². The molecule has 0 aliphatic heterocycles. The van der Waals surface area contributed by atoms with Gasteiger partial charge in [0.2, 0.25) is 0 Å². The van der Waals surface area contributed by atoms with E-state index < -0.39 is 36.4 Å². The molecule has 100 valence electrons. The predicted molar refractivity (Wildman–Crippen MR) is 75.3 cm³/mol. The van der Waals surface area contributed by atoms with Gasteiger partial charge in [0.05, 0.1) is 0 Å². The zero-order valence-electron chi connectivity index (χ0n) is 11.4. The third kappa shape index (κ3) is 3.72. The minimum absolute atomic E-state index is 0.0759. The molecule has 0 aromatic heterocycles. The standard InChI is InChI=1S/C11H13O3.3CH3.Sn/c1-2-9(11(13)14)10(12)8-6-4-3-5-7-8;;;;/h2-7,9-10,12H,1H3,(H,13,14);3*1H3;/t9-,10-;;;;/m0..../s1. The van der Waals surface area contributed by atoms with Crippen LogP contribution < -0.4 is 0 Å². The molecule has 0 unspecified atom stereocenters. The average molecular weight is 357 g/mol. The summed E-state index contributed by atoms with van der Waals surface area (Å²) in [4.78, 5) is 18.1. The van der Waals surface area contributed by atoms with Crippen LogP contribution in [0, 0.1) is 5.92 Å². The quantitative estimate of drug-likeness (QED) is 0.797. The van der Waals surface area contributed by atoms with Crippen LogP contribution in [0.15, 0.2) is 30.3 Å². The van der Waals surface area contributed by atoms with Crippen molar-refractivity contribution in [2.75, 3.05) is 0 Å². The maximum absolute atomic E-state index is 11.5. The molecule has 2 N–H and O–H groups in total. The SMILES string of the molecule is C[C@H]([C@H](C(=O)O)[C@@H](O)c1ccccc1)[Sn]([CH3])([CH3])[CH3]. The van der Waals surface area contributed by atoms with Gasteiger partial charge in [-0.3, -0.25) is 0 Å². The summed E-state index contributed by atoms with van der Waals surface area (Å²) in [5.41, 5.74) is 0.687. The normalized spacial score (nSPS) is 16.9. The Kier molecular flexibility index (Phi) is 5.22. The van der Waals surface area contributed by atoms with Crippen LogP contribution in [0.3, 0.4) is 0 Å². The second-order valence-electron chi connectivity index (χ2n) is 5.87. The summed E-state index contributed by atoms with van der Waals surface area (Å²) in [5, 5.41) is 19.7. The summed E-state index contributed by atoms with van der Waals surface area (Å²) in [6.07, 6.45) is -0.922. The van der Waals surface area contributed by atoms with E-state index in [0.717, 1.165) is 0 Å². The van der Waals surface area contributed by atoms with Gasteiger partial charge in [0.1, 0.15) is 0 Å². The molecule has 0 saturated carbocycles. The Morgan fingerprint density at radius 2 is 1.67 bits per heavy atom. The average Bonchev–Trinajstić information content (AvgIpc) is 2.28. The van der Waals surface area contributed by atoms with Crippen molar-refractivity contribution in [1.82, 2.24) is 0 Å². The fraction of sp³-hybridized carbons (Fsp3) is 0.500. The molecule has 0 saturated heterocycles. The summed E-state index contributed by atoms with van der Waals surface area (Å²) in [6, 6.07) is 9.07. The molecule has 1 aromatic rings. The molecule has 1 aromatic carbocycles. The third-order valence-electron chi connectivity index (χ3n) is 3.67. The summed E-state index contributed by atoms with van der Waals surface area (Å²) >= 11 is -2.37. The van der Waals surface area contributed by atoms with Crippen molar-refractivity contribution in [3.8, 4) is 0 Å². The van der Waals surface area contributed by atoms with E-state index in [1.165, 1.54) is 0 Å². The zero-order chi connectivity index (χ0) is 13.9. The Morgan fingerprint density at radius 1 is 1.17 bits per heavy atom. The Hall–Kier alpha value is -0.551. The van der Waals surface area contributed by atoms with Crippen LogP contribution in [0.5, 0.6) is 0 Å². The van der Waals surface area contributed by atoms with Crippen molar-refractivity contribution in [3.63, 3.8) is 0 Å². The van der Waals surface area contributed by atoms with Crippen molar-refractivity contribution < 1.29 is 15.0 Å². The number of aliphatic carboxylic acids is 1. The first-order chi connectivity index (χ1) is 8.25. The number of carboxylic acid groups (broad SMARTS) is 1. The van der Waals surface area contributed by atoms with E-state index in [1.54, 1.807) is 12.1 Å². The van der Waals surface area contributed by atoms with Crippen LogP contribution >= 0.6 is 0 Å². The first kappa shape index (κ1) is 15.5. The van der Waals surface area contributed by atoms with Crippen molar-refractivity contribution in [1.29, 1.82) is 0 Å². The Balaban J connectivity index is 3.04. The van der Waals surface area contributed by atoms with Crippen molar-refractivity contribution in [2.24, 2.45) is 5.92 Å². The van der Waals surface area contributed by atoms with Crippen molar-refractivity contribution in [3.05, 3.63) is 35.9 Å². The zero-order valence-corrected chi connectivity index (χ0v) is 14.3. The van der Waals surface area contributed by atoms with E-state index in [2.05, 4.69) is 14.8 Å².